The average Bonchev–Trinajstić information content (AvgIpc) is 2.35. The van der Waals surface area contributed by atoms with Gasteiger partial charge in [-0.2, -0.15) is 0 Å². The van der Waals surface area contributed by atoms with Gasteiger partial charge in [0.05, 0.1) is 0 Å². The first-order chi connectivity index (χ1) is 5.65. The standard InChI is InChI=1S/C11H17N/c1-5-9(2)8-12-10(3)6-7-11(12)4/h2-8H2,1H3. The number of allylic oxidation sites excluding steroid dienone is 2. The largest absolute Gasteiger partial charge is 0.346 e. The number of rotatable bonds is 3. The minimum Gasteiger partial charge on any atom is -0.346 e. The molecule has 0 bridgehead atoms. The topological polar surface area (TPSA) is 3.24 Å². The summed E-state index contributed by atoms with van der Waals surface area (Å²) in [5.41, 5.74) is 3.63. The van der Waals surface area contributed by atoms with Crippen molar-refractivity contribution in [2.24, 2.45) is 0 Å². The van der Waals surface area contributed by atoms with Crippen molar-refractivity contribution in [1.82, 2.24) is 4.90 Å². The van der Waals surface area contributed by atoms with Crippen molar-refractivity contribution >= 4 is 0 Å². The van der Waals surface area contributed by atoms with Gasteiger partial charge in [-0.15, -0.1) is 0 Å². The normalized spacial score (nSPS) is 17.2. The van der Waals surface area contributed by atoms with Gasteiger partial charge in [-0.1, -0.05) is 32.2 Å². The average molecular weight is 163 g/mol. The highest BCUT2D eigenvalue weighted by Gasteiger charge is 2.18. The molecule has 0 saturated carbocycles. The van der Waals surface area contributed by atoms with E-state index in [0.717, 1.165) is 25.8 Å². The van der Waals surface area contributed by atoms with Gasteiger partial charge >= 0.3 is 0 Å². The number of likely N-dealkylation sites (tertiary alicyclic amines) is 1. The van der Waals surface area contributed by atoms with Gasteiger partial charge < -0.3 is 4.90 Å². The molecule has 1 aliphatic rings. The molecule has 0 amide bonds. The van der Waals surface area contributed by atoms with Crippen LogP contribution in [-0.4, -0.2) is 11.4 Å². The quantitative estimate of drug-likeness (QED) is 0.578. The summed E-state index contributed by atoms with van der Waals surface area (Å²) >= 11 is 0. The predicted molar refractivity (Wildman–Crippen MR) is 53.7 cm³/mol. The Hall–Kier alpha value is -0.980. The van der Waals surface area contributed by atoms with Crippen molar-refractivity contribution < 1.29 is 0 Å². The lowest BCUT2D eigenvalue weighted by atomic mass is 10.2. The van der Waals surface area contributed by atoms with Crippen LogP contribution in [-0.2, 0) is 0 Å². The predicted octanol–water partition coefficient (Wildman–Crippen LogP) is 3.08. The van der Waals surface area contributed by atoms with E-state index in [2.05, 4.69) is 31.6 Å². The SMILES string of the molecule is C=C(CC)CN1C(=C)CCC1=C. The van der Waals surface area contributed by atoms with E-state index >= 15 is 0 Å². The lowest BCUT2D eigenvalue weighted by molar-refractivity contribution is 0.493. The Morgan fingerprint density at radius 1 is 1.33 bits per heavy atom. The highest BCUT2D eigenvalue weighted by molar-refractivity contribution is 5.19. The van der Waals surface area contributed by atoms with E-state index in [1.807, 2.05) is 0 Å². The summed E-state index contributed by atoms with van der Waals surface area (Å²) in [4.78, 5) is 2.19. The van der Waals surface area contributed by atoms with E-state index in [9.17, 15) is 0 Å². The van der Waals surface area contributed by atoms with Gasteiger partial charge in [0, 0.05) is 17.9 Å². The monoisotopic (exact) mass is 163 g/mol. The van der Waals surface area contributed by atoms with Crippen molar-refractivity contribution in [3.63, 3.8) is 0 Å². The van der Waals surface area contributed by atoms with Crippen LogP contribution in [0.2, 0.25) is 0 Å². The summed E-state index contributed by atoms with van der Waals surface area (Å²) in [7, 11) is 0. The molecule has 0 aromatic rings. The first-order valence-corrected chi connectivity index (χ1v) is 4.45. The van der Waals surface area contributed by atoms with E-state index in [4.69, 9.17) is 0 Å². The van der Waals surface area contributed by atoms with Crippen LogP contribution in [0.4, 0.5) is 0 Å². The van der Waals surface area contributed by atoms with Crippen molar-refractivity contribution in [2.75, 3.05) is 6.54 Å². The Bertz CT molecular complexity index is 209. The Morgan fingerprint density at radius 3 is 2.25 bits per heavy atom. The molecule has 1 aliphatic heterocycles. The van der Waals surface area contributed by atoms with Crippen molar-refractivity contribution in [1.29, 1.82) is 0 Å². The van der Waals surface area contributed by atoms with Crippen LogP contribution < -0.4 is 0 Å². The third-order valence-electron chi connectivity index (χ3n) is 2.35. The van der Waals surface area contributed by atoms with Crippen molar-refractivity contribution in [2.45, 2.75) is 26.2 Å². The molecule has 1 heterocycles. The fourth-order valence-corrected chi connectivity index (χ4v) is 1.34. The maximum Gasteiger partial charge on any atom is 0.0431 e. The van der Waals surface area contributed by atoms with Gasteiger partial charge in [0.15, 0.2) is 0 Å². The lowest BCUT2D eigenvalue weighted by Gasteiger charge is -2.21. The fraction of sp³-hybridized carbons (Fsp3) is 0.455. The summed E-state index contributed by atoms with van der Waals surface area (Å²) in [5, 5.41) is 0. The summed E-state index contributed by atoms with van der Waals surface area (Å²) in [6, 6.07) is 0. The maximum atomic E-state index is 4.00. The smallest absolute Gasteiger partial charge is 0.0431 e. The summed E-state index contributed by atoms with van der Waals surface area (Å²) in [5.74, 6) is 0. The molecule has 0 aromatic carbocycles. The Labute approximate surface area is 75.1 Å². The zero-order chi connectivity index (χ0) is 9.14. The minimum absolute atomic E-state index is 0.911. The van der Waals surface area contributed by atoms with Crippen molar-refractivity contribution in [3.05, 3.63) is 36.7 Å². The van der Waals surface area contributed by atoms with Crippen LogP contribution in [0.25, 0.3) is 0 Å². The Morgan fingerprint density at radius 2 is 1.83 bits per heavy atom. The zero-order valence-electron chi connectivity index (χ0n) is 7.90. The van der Waals surface area contributed by atoms with E-state index in [0.29, 0.717) is 0 Å². The van der Waals surface area contributed by atoms with E-state index in [1.165, 1.54) is 17.0 Å². The summed E-state index contributed by atoms with van der Waals surface area (Å²) in [6.07, 6.45) is 3.17. The second-order valence-electron chi connectivity index (χ2n) is 3.32. The van der Waals surface area contributed by atoms with Crippen LogP contribution in [0, 0.1) is 0 Å². The van der Waals surface area contributed by atoms with Crippen LogP contribution >= 0.6 is 0 Å². The Kier molecular flexibility index (Phi) is 2.74. The van der Waals surface area contributed by atoms with Gasteiger partial charge in [0.2, 0.25) is 0 Å². The Balaban J connectivity index is 2.56. The molecule has 1 saturated heterocycles. The van der Waals surface area contributed by atoms with E-state index in [-0.39, 0.29) is 0 Å². The van der Waals surface area contributed by atoms with Crippen LogP contribution in [0.15, 0.2) is 36.7 Å². The minimum atomic E-state index is 0.911. The van der Waals surface area contributed by atoms with Crippen LogP contribution in [0.3, 0.4) is 0 Å². The molecule has 0 unspecified atom stereocenters. The van der Waals surface area contributed by atoms with Crippen molar-refractivity contribution in [3.8, 4) is 0 Å². The third-order valence-corrected chi connectivity index (χ3v) is 2.35. The van der Waals surface area contributed by atoms with E-state index in [1.54, 1.807) is 0 Å². The van der Waals surface area contributed by atoms with E-state index < -0.39 is 0 Å². The van der Waals surface area contributed by atoms with Crippen LogP contribution in [0.5, 0.6) is 0 Å². The molecule has 66 valence electrons. The van der Waals surface area contributed by atoms with Gasteiger partial charge in [-0.05, 0) is 19.3 Å². The fourth-order valence-electron chi connectivity index (χ4n) is 1.34. The molecular weight excluding hydrogens is 146 g/mol. The molecule has 0 atom stereocenters. The molecule has 1 heteroatoms. The molecule has 0 radical (unpaired) electrons. The molecule has 0 aliphatic carbocycles. The molecule has 0 spiro atoms. The number of hydrogen-bond acceptors (Lipinski definition) is 1. The number of nitrogens with zero attached hydrogens (tertiary/aromatic N) is 1. The van der Waals surface area contributed by atoms with Crippen LogP contribution in [0.1, 0.15) is 26.2 Å². The molecule has 12 heavy (non-hydrogen) atoms. The summed E-state index contributed by atoms with van der Waals surface area (Å²) < 4.78 is 0. The molecule has 1 nitrogen and oxygen atoms in total. The second-order valence-corrected chi connectivity index (χ2v) is 3.32. The highest BCUT2D eigenvalue weighted by Crippen LogP contribution is 2.28. The van der Waals surface area contributed by atoms with Gasteiger partial charge in [-0.25, -0.2) is 0 Å². The highest BCUT2D eigenvalue weighted by atomic mass is 15.2. The first kappa shape index (κ1) is 9.11. The molecule has 1 rings (SSSR count). The van der Waals surface area contributed by atoms with Gasteiger partial charge in [0.1, 0.15) is 0 Å². The molecular formula is C11H17N. The second kappa shape index (κ2) is 3.61. The lowest BCUT2D eigenvalue weighted by Crippen LogP contribution is -2.17. The third kappa shape index (κ3) is 1.79. The molecule has 1 fully saturated rings. The zero-order valence-corrected chi connectivity index (χ0v) is 7.90. The number of hydrogen-bond donors (Lipinski definition) is 0. The molecule has 0 aromatic heterocycles. The first-order valence-electron chi connectivity index (χ1n) is 4.45. The van der Waals surface area contributed by atoms with Gasteiger partial charge in [-0.3, -0.25) is 0 Å². The van der Waals surface area contributed by atoms with Gasteiger partial charge in [0.25, 0.3) is 0 Å². The summed E-state index contributed by atoms with van der Waals surface area (Å²) in [6.45, 7) is 15.0. The maximum absolute atomic E-state index is 4.00. The molecule has 0 N–H and O–H groups in total.